The van der Waals surface area contributed by atoms with Crippen LogP contribution in [0.2, 0.25) is 0 Å². The van der Waals surface area contributed by atoms with E-state index >= 15 is 0 Å². The number of benzene rings is 1. The summed E-state index contributed by atoms with van der Waals surface area (Å²) < 4.78 is 1.10. The van der Waals surface area contributed by atoms with Gasteiger partial charge in [-0.25, -0.2) is 4.98 Å². The lowest BCUT2D eigenvalue weighted by molar-refractivity contribution is -0.127. The lowest BCUT2D eigenvalue weighted by Crippen LogP contribution is -2.36. The zero-order valence-corrected chi connectivity index (χ0v) is 11.7. The number of thiazole rings is 1. The van der Waals surface area contributed by atoms with Gasteiger partial charge in [-0.2, -0.15) is 0 Å². The molecule has 0 aliphatic heterocycles. The van der Waals surface area contributed by atoms with Crippen LogP contribution in [-0.4, -0.2) is 40.6 Å². The predicted molar refractivity (Wildman–Crippen MR) is 78.0 cm³/mol. The van der Waals surface area contributed by atoms with E-state index in [0.29, 0.717) is 0 Å². The molecule has 0 saturated carbocycles. The molecule has 1 unspecified atom stereocenters. The third-order valence-electron chi connectivity index (χ3n) is 2.95. The van der Waals surface area contributed by atoms with Gasteiger partial charge in [0.25, 0.3) is 0 Å². The molecule has 0 radical (unpaired) electrons. The van der Waals surface area contributed by atoms with Crippen molar-refractivity contribution >= 4 is 33.5 Å². The van der Waals surface area contributed by atoms with E-state index < -0.39 is 0 Å². The van der Waals surface area contributed by atoms with E-state index in [9.17, 15) is 4.79 Å². The van der Waals surface area contributed by atoms with Gasteiger partial charge in [0.05, 0.1) is 22.9 Å². The normalized spacial score (nSPS) is 13.0. The lowest BCUT2D eigenvalue weighted by Gasteiger charge is -2.21. The molecule has 1 aromatic carbocycles. The van der Waals surface area contributed by atoms with Crippen LogP contribution in [0.4, 0.5) is 0 Å². The number of nitrogens with zero attached hydrogens (tertiary/aromatic N) is 2. The molecule has 19 heavy (non-hydrogen) atoms. The van der Waals surface area contributed by atoms with Gasteiger partial charge in [-0.3, -0.25) is 4.79 Å². The topological polar surface area (TPSA) is 53.4 Å². The minimum absolute atomic E-state index is 0.0444. The number of hydrogen-bond donors (Lipinski definition) is 1. The van der Waals surface area contributed by atoms with Crippen LogP contribution in [0.25, 0.3) is 16.3 Å². The van der Waals surface area contributed by atoms with Crippen LogP contribution in [-0.2, 0) is 4.79 Å². The van der Waals surface area contributed by atoms with Gasteiger partial charge in [0.15, 0.2) is 0 Å². The number of aliphatic hydroxyl groups is 1. The first kappa shape index (κ1) is 13.7. The Hall–Kier alpha value is -1.72. The molecule has 0 aliphatic rings. The zero-order chi connectivity index (χ0) is 13.8. The summed E-state index contributed by atoms with van der Waals surface area (Å²) in [6.07, 6.45) is 3.21. The van der Waals surface area contributed by atoms with Crippen molar-refractivity contribution < 1.29 is 9.90 Å². The number of aromatic nitrogens is 1. The quantitative estimate of drug-likeness (QED) is 0.871. The maximum absolute atomic E-state index is 11.8. The number of likely N-dealkylation sites (N-methyl/N-ethyl adjacent to an activating group) is 1. The summed E-state index contributed by atoms with van der Waals surface area (Å²) in [6, 6.07) is 7.68. The number of amides is 1. The second-order valence-corrected chi connectivity index (χ2v) is 5.40. The molecular weight excluding hydrogens is 260 g/mol. The van der Waals surface area contributed by atoms with Crippen LogP contribution in [0.3, 0.4) is 0 Å². The maximum atomic E-state index is 11.8. The van der Waals surface area contributed by atoms with Crippen LogP contribution < -0.4 is 0 Å². The van der Waals surface area contributed by atoms with Gasteiger partial charge in [-0.05, 0) is 25.1 Å². The lowest BCUT2D eigenvalue weighted by atomic mass is 10.3. The van der Waals surface area contributed by atoms with Crippen LogP contribution >= 0.6 is 11.3 Å². The molecule has 1 N–H and O–H groups in total. The van der Waals surface area contributed by atoms with Crippen molar-refractivity contribution in [3.63, 3.8) is 0 Å². The van der Waals surface area contributed by atoms with E-state index in [2.05, 4.69) is 4.98 Å². The standard InChI is InChI=1S/C14H16N2O2S/c1-10(9-17)16(2)14(18)8-7-13-15-11-5-3-4-6-12(11)19-13/h3-8,10,17H,9H2,1-2H3/b8-7+. The maximum Gasteiger partial charge on any atom is 0.246 e. The number of carbonyl (C=O) groups is 1. The van der Waals surface area contributed by atoms with Crippen molar-refractivity contribution in [2.75, 3.05) is 13.7 Å². The van der Waals surface area contributed by atoms with Crippen molar-refractivity contribution in [1.82, 2.24) is 9.88 Å². The third-order valence-corrected chi connectivity index (χ3v) is 3.95. The molecule has 0 aliphatic carbocycles. The summed E-state index contributed by atoms with van der Waals surface area (Å²) >= 11 is 1.55. The summed E-state index contributed by atoms with van der Waals surface area (Å²) in [5.74, 6) is -0.138. The summed E-state index contributed by atoms with van der Waals surface area (Å²) in [5, 5.41) is 9.81. The first-order valence-corrected chi connectivity index (χ1v) is 6.84. The average molecular weight is 276 g/mol. The fourth-order valence-corrected chi connectivity index (χ4v) is 2.43. The number of aliphatic hydroxyl groups excluding tert-OH is 1. The Bertz CT molecular complexity index is 573. The highest BCUT2D eigenvalue weighted by Crippen LogP contribution is 2.22. The van der Waals surface area contributed by atoms with Crippen molar-refractivity contribution in [2.45, 2.75) is 13.0 Å². The summed E-state index contributed by atoms with van der Waals surface area (Å²) in [6.45, 7) is 1.75. The van der Waals surface area contributed by atoms with Crippen LogP contribution in [0, 0.1) is 0 Å². The number of para-hydroxylation sites is 1. The average Bonchev–Trinajstić information content (AvgIpc) is 2.85. The van der Waals surface area contributed by atoms with E-state index in [-0.39, 0.29) is 18.6 Å². The largest absolute Gasteiger partial charge is 0.394 e. The molecule has 5 heteroatoms. The fourth-order valence-electron chi connectivity index (χ4n) is 1.56. The Morgan fingerprint density at radius 3 is 2.95 bits per heavy atom. The second kappa shape index (κ2) is 5.95. The van der Waals surface area contributed by atoms with Gasteiger partial charge >= 0.3 is 0 Å². The molecule has 2 aromatic rings. The van der Waals surface area contributed by atoms with E-state index in [1.165, 1.54) is 11.0 Å². The van der Waals surface area contributed by atoms with Gasteiger partial charge in [-0.15, -0.1) is 11.3 Å². The molecule has 2 rings (SSSR count). The first-order valence-electron chi connectivity index (χ1n) is 6.03. The van der Waals surface area contributed by atoms with Crippen LogP contribution in [0.1, 0.15) is 11.9 Å². The molecule has 1 aromatic heterocycles. The highest BCUT2D eigenvalue weighted by Gasteiger charge is 2.12. The number of rotatable bonds is 4. The van der Waals surface area contributed by atoms with Gasteiger partial charge in [0.2, 0.25) is 5.91 Å². The molecule has 0 bridgehead atoms. The molecule has 0 saturated heterocycles. The Balaban J connectivity index is 2.11. The van der Waals surface area contributed by atoms with Crippen molar-refractivity contribution in [3.05, 3.63) is 35.3 Å². The molecule has 1 heterocycles. The molecule has 0 fully saturated rings. The Kier molecular flexibility index (Phi) is 4.29. The predicted octanol–water partition coefficient (Wildman–Crippen LogP) is 2.15. The van der Waals surface area contributed by atoms with Crippen LogP contribution in [0.5, 0.6) is 0 Å². The Morgan fingerprint density at radius 1 is 1.53 bits per heavy atom. The van der Waals surface area contributed by atoms with Gasteiger partial charge in [0.1, 0.15) is 5.01 Å². The monoisotopic (exact) mass is 276 g/mol. The first-order chi connectivity index (χ1) is 9.11. The van der Waals surface area contributed by atoms with Crippen molar-refractivity contribution in [1.29, 1.82) is 0 Å². The van der Waals surface area contributed by atoms with E-state index in [4.69, 9.17) is 5.11 Å². The highest BCUT2D eigenvalue weighted by atomic mass is 32.1. The number of carbonyl (C=O) groups excluding carboxylic acids is 1. The highest BCUT2D eigenvalue weighted by molar-refractivity contribution is 7.19. The molecule has 0 spiro atoms. The summed E-state index contributed by atoms with van der Waals surface area (Å²) in [4.78, 5) is 17.8. The smallest absolute Gasteiger partial charge is 0.246 e. The molecular formula is C14H16N2O2S. The van der Waals surface area contributed by atoms with E-state index in [0.717, 1.165) is 15.2 Å². The van der Waals surface area contributed by atoms with Gasteiger partial charge < -0.3 is 10.0 Å². The SMILES string of the molecule is CC(CO)N(C)C(=O)/C=C/c1nc2ccccc2s1. The zero-order valence-electron chi connectivity index (χ0n) is 10.9. The molecule has 100 valence electrons. The molecule has 4 nitrogen and oxygen atoms in total. The second-order valence-electron chi connectivity index (χ2n) is 4.33. The number of hydrogen-bond acceptors (Lipinski definition) is 4. The minimum Gasteiger partial charge on any atom is -0.394 e. The van der Waals surface area contributed by atoms with Crippen LogP contribution in [0.15, 0.2) is 30.3 Å². The molecule has 1 amide bonds. The summed E-state index contributed by atoms with van der Waals surface area (Å²) in [5.41, 5.74) is 0.941. The Labute approximate surface area is 116 Å². The van der Waals surface area contributed by atoms with Crippen molar-refractivity contribution in [2.24, 2.45) is 0 Å². The number of fused-ring (bicyclic) bond motifs is 1. The molecule has 1 atom stereocenters. The third kappa shape index (κ3) is 3.19. The van der Waals surface area contributed by atoms with Gasteiger partial charge in [0, 0.05) is 13.1 Å². The van der Waals surface area contributed by atoms with E-state index in [1.54, 1.807) is 31.4 Å². The fraction of sp³-hybridized carbons (Fsp3) is 0.286. The Morgan fingerprint density at radius 2 is 2.26 bits per heavy atom. The summed E-state index contributed by atoms with van der Waals surface area (Å²) in [7, 11) is 1.67. The minimum atomic E-state index is -0.187. The van der Waals surface area contributed by atoms with Crippen molar-refractivity contribution in [3.8, 4) is 0 Å². The van der Waals surface area contributed by atoms with Gasteiger partial charge in [-0.1, -0.05) is 12.1 Å². The van der Waals surface area contributed by atoms with E-state index in [1.807, 2.05) is 24.3 Å².